The summed E-state index contributed by atoms with van der Waals surface area (Å²) in [6, 6.07) is 35.3. The summed E-state index contributed by atoms with van der Waals surface area (Å²) in [4.78, 5) is 2.58. The maximum absolute atomic E-state index is 15.5. The van der Waals surface area contributed by atoms with Gasteiger partial charge in [0.15, 0.2) is 0 Å². The van der Waals surface area contributed by atoms with Gasteiger partial charge in [-0.05, 0) is 98.4 Å². The zero-order valence-corrected chi connectivity index (χ0v) is 27.2. The number of aliphatic hydroxyl groups is 1. The molecule has 2 saturated heterocycles. The van der Waals surface area contributed by atoms with Crippen molar-refractivity contribution in [3.8, 4) is 11.1 Å². The lowest BCUT2D eigenvalue weighted by molar-refractivity contribution is 0.106. The monoisotopic (exact) mass is 609 g/mol. The Kier molecular flexibility index (Phi) is 8.18. The molecule has 0 radical (unpaired) electrons. The fraction of sp³-hybridized carbons (Fsp3) is 0.268. The van der Waals surface area contributed by atoms with E-state index in [9.17, 15) is 5.11 Å². The first kappa shape index (κ1) is 30.6. The van der Waals surface area contributed by atoms with Gasteiger partial charge in [0.2, 0.25) is 0 Å². The molecule has 2 fully saturated rings. The lowest BCUT2D eigenvalue weighted by Crippen LogP contribution is -2.47. The van der Waals surface area contributed by atoms with Crippen molar-refractivity contribution in [3.63, 3.8) is 0 Å². The Morgan fingerprint density at radius 1 is 0.783 bits per heavy atom. The number of hydrogen-bond donors (Lipinski definition) is 1. The molecule has 0 saturated carbocycles. The molecule has 1 N–H and O–H groups in total. The molecule has 7 rings (SSSR count). The molecule has 0 amide bonds. The van der Waals surface area contributed by atoms with E-state index in [0.29, 0.717) is 12.0 Å². The van der Waals surface area contributed by atoms with Gasteiger partial charge in [-0.2, -0.15) is 0 Å². The van der Waals surface area contributed by atoms with Crippen molar-refractivity contribution in [3.05, 3.63) is 159 Å². The van der Waals surface area contributed by atoms with E-state index in [1.165, 1.54) is 39.4 Å². The lowest BCUT2D eigenvalue weighted by Gasteiger charge is -2.37. The highest BCUT2D eigenvalue weighted by molar-refractivity contribution is 6.66. The van der Waals surface area contributed by atoms with Gasteiger partial charge in [-0.15, -0.1) is 0 Å². The molecule has 2 aliphatic heterocycles. The Bertz CT molecular complexity index is 1810. The predicted molar refractivity (Wildman–Crippen MR) is 186 cm³/mol. The van der Waals surface area contributed by atoms with Gasteiger partial charge < -0.3 is 14.6 Å². The van der Waals surface area contributed by atoms with Crippen LogP contribution >= 0.6 is 0 Å². The molecule has 232 valence electrons. The van der Waals surface area contributed by atoms with Crippen LogP contribution in [0, 0.1) is 33.5 Å². The fourth-order valence-electron chi connectivity index (χ4n) is 8.09. The third kappa shape index (κ3) is 5.41. The summed E-state index contributed by atoms with van der Waals surface area (Å²) in [6.07, 6.45) is 2.74. The number of nitrogens with zero attached hydrogens (tertiary/aromatic N) is 1. The topological polar surface area (TPSA) is 32.7 Å². The smallest absolute Gasteiger partial charge is 0.402 e. The van der Waals surface area contributed by atoms with E-state index in [4.69, 9.17) is 4.65 Å². The highest BCUT2D eigenvalue weighted by Crippen LogP contribution is 2.50. The Balaban J connectivity index is 1.35. The van der Waals surface area contributed by atoms with E-state index in [0.717, 1.165) is 47.1 Å². The van der Waals surface area contributed by atoms with E-state index in [1.54, 1.807) is 6.07 Å². The van der Waals surface area contributed by atoms with E-state index >= 15 is 4.39 Å². The first-order chi connectivity index (χ1) is 22.3. The summed E-state index contributed by atoms with van der Waals surface area (Å²) in [5.74, 6) is -0.243. The van der Waals surface area contributed by atoms with Crippen molar-refractivity contribution in [2.45, 2.75) is 65.2 Å². The maximum atomic E-state index is 15.5. The summed E-state index contributed by atoms with van der Waals surface area (Å²) in [5, 5.41) is 9.55. The van der Waals surface area contributed by atoms with Crippen molar-refractivity contribution in [2.75, 3.05) is 6.54 Å². The van der Waals surface area contributed by atoms with Gasteiger partial charge in [0.25, 0.3) is 0 Å². The molecule has 2 aliphatic rings. The summed E-state index contributed by atoms with van der Waals surface area (Å²) >= 11 is 0. The Morgan fingerprint density at radius 2 is 1.39 bits per heavy atom. The average Bonchev–Trinajstić information content (AvgIpc) is 3.64. The minimum absolute atomic E-state index is 0.0393. The van der Waals surface area contributed by atoms with Crippen LogP contribution in [-0.4, -0.2) is 29.6 Å². The lowest BCUT2D eigenvalue weighted by atomic mass is 9.68. The van der Waals surface area contributed by atoms with Crippen molar-refractivity contribution in [1.82, 2.24) is 4.81 Å². The number of rotatable bonds is 7. The van der Waals surface area contributed by atoms with Crippen LogP contribution in [0.15, 0.2) is 103 Å². The first-order valence-electron chi connectivity index (χ1n) is 16.4. The molecule has 0 aliphatic carbocycles. The van der Waals surface area contributed by atoms with Crippen LogP contribution in [0.2, 0.25) is 0 Å². The SMILES string of the molecule is Cc1cc(C)cc(C2(c3cc(C)cc(C)c3)OB(c3ccccc3Cc3cccc(F)c3-c3ccc(CO)cc3)N3CCCC32)c1. The second kappa shape index (κ2) is 12.3. The zero-order valence-electron chi connectivity index (χ0n) is 27.2. The standard InChI is InChI=1S/C41H41BFNO2/c1-27-19-28(2)22-35(21-27)41(36-23-29(3)20-30(4)24-36)39-13-8-18-44(39)42(46-41)37-11-6-5-9-33(37)25-34-10-7-12-38(43)40(34)32-16-14-31(26-45)15-17-32/h5-7,9-12,14-17,19-24,39,45H,8,13,18,25-26H2,1-4H3. The molecule has 5 heteroatoms. The van der Waals surface area contributed by atoms with Gasteiger partial charge in [-0.25, -0.2) is 4.39 Å². The molecule has 1 atom stereocenters. The van der Waals surface area contributed by atoms with Crippen LogP contribution in [0.5, 0.6) is 0 Å². The number of halogens is 1. The van der Waals surface area contributed by atoms with Crippen molar-refractivity contribution in [1.29, 1.82) is 0 Å². The minimum atomic E-state index is -0.625. The van der Waals surface area contributed by atoms with Crippen LogP contribution in [-0.2, 0) is 23.3 Å². The molecule has 2 heterocycles. The second-order valence-electron chi connectivity index (χ2n) is 13.4. The highest BCUT2D eigenvalue weighted by atomic mass is 19.1. The van der Waals surface area contributed by atoms with Gasteiger partial charge in [0.1, 0.15) is 11.4 Å². The fourth-order valence-corrected chi connectivity index (χ4v) is 8.09. The number of hydrogen-bond acceptors (Lipinski definition) is 3. The van der Waals surface area contributed by atoms with E-state index in [1.807, 2.05) is 30.3 Å². The van der Waals surface area contributed by atoms with E-state index in [2.05, 4.69) is 93.2 Å². The van der Waals surface area contributed by atoms with Crippen LogP contribution in [0.3, 0.4) is 0 Å². The second-order valence-corrected chi connectivity index (χ2v) is 13.4. The molecule has 0 spiro atoms. The van der Waals surface area contributed by atoms with Gasteiger partial charge in [-0.3, -0.25) is 0 Å². The first-order valence-corrected chi connectivity index (χ1v) is 16.4. The van der Waals surface area contributed by atoms with Crippen LogP contribution < -0.4 is 5.46 Å². The third-order valence-electron chi connectivity index (χ3n) is 9.89. The molecule has 5 aromatic rings. The van der Waals surface area contributed by atoms with E-state index < -0.39 is 5.60 Å². The molecule has 1 unspecified atom stereocenters. The Morgan fingerprint density at radius 3 is 2.02 bits per heavy atom. The molecule has 0 bridgehead atoms. The van der Waals surface area contributed by atoms with Gasteiger partial charge in [0, 0.05) is 11.6 Å². The molecule has 46 heavy (non-hydrogen) atoms. The number of aryl methyl sites for hydroxylation is 4. The van der Waals surface area contributed by atoms with Crippen LogP contribution in [0.25, 0.3) is 11.1 Å². The molecule has 3 nitrogen and oxygen atoms in total. The average molecular weight is 610 g/mol. The van der Waals surface area contributed by atoms with Crippen LogP contribution in [0.4, 0.5) is 4.39 Å². The third-order valence-corrected chi connectivity index (χ3v) is 9.89. The summed E-state index contributed by atoms with van der Waals surface area (Å²) < 4.78 is 23.1. The zero-order chi connectivity index (χ0) is 32.0. The highest BCUT2D eigenvalue weighted by Gasteiger charge is 2.59. The maximum Gasteiger partial charge on any atom is 0.420 e. The number of fused-ring (bicyclic) bond motifs is 1. The summed E-state index contributed by atoms with van der Waals surface area (Å²) in [7, 11) is -0.244. The van der Waals surface area contributed by atoms with Crippen molar-refractivity contribution < 1.29 is 14.2 Å². The minimum Gasteiger partial charge on any atom is -0.402 e. The number of benzene rings is 5. The van der Waals surface area contributed by atoms with Gasteiger partial charge >= 0.3 is 7.05 Å². The largest absolute Gasteiger partial charge is 0.420 e. The normalized spacial score (nSPS) is 17.4. The number of aliphatic hydroxyl groups excluding tert-OH is 1. The Hall–Kier alpha value is -4.03. The molecule has 0 aromatic heterocycles. The quantitative estimate of drug-likeness (QED) is 0.190. The van der Waals surface area contributed by atoms with Gasteiger partial charge in [-0.1, -0.05) is 119 Å². The van der Waals surface area contributed by atoms with Gasteiger partial charge in [0.05, 0.1) is 6.61 Å². The van der Waals surface area contributed by atoms with E-state index in [-0.39, 0.29) is 25.5 Å². The Labute approximate surface area is 272 Å². The van der Waals surface area contributed by atoms with Crippen molar-refractivity contribution in [2.24, 2.45) is 0 Å². The summed E-state index contributed by atoms with van der Waals surface area (Å²) in [5.41, 5.74) is 12.2. The molecular formula is C41H41BFNO2. The summed E-state index contributed by atoms with van der Waals surface area (Å²) in [6.45, 7) is 9.62. The van der Waals surface area contributed by atoms with Crippen molar-refractivity contribution >= 4 is 12.5 Å². The predicted octanol–water partition coefficient (Wildman–Crippen LogP) is 7.94. The molecular weight excluding hydrogens is 568 g/mol. The molecule has 5 aromatic carbocycles. The van der Waals surface area contributed by atoms with Crippen LogP contribution in [0.1, 0.15) is 62.9 Å².